The fraction of sp³-hybridized carbons (Fsp3) is 0.875. The normalized spacial score (nSPS) is 9.50. The zero-order chi connectivity index (χ0) is 9.23. The zero-order valence-corrected chi connectivity index (χ0v) is 7.76. The molecule has 0 aliphatic rings. The lowest BCUT2D eigenvalue weighted by molar-refractivity contribution is 0.126. The molecule has 1 N–H and O–H groups in total. The fourth-order valence-electron chi connectivity index (χ4n) is 0.646. The van der Waals surface area contributed by atoms with Gasteiger partial charge in [-0.1, -0.05) is 13.3 Å². The number of unbranched alkanes of at least 4 members (excludes halogenated alkanes) is 1. The van der Waals surface area contributed by atoms with Crippen LogP contribution in [0.25, 0.3) is 0 Å². The summed E-state index contributed by atoms with van der Waals surface area (Å²) in [5, 5.41) is 2.52. The molecule has 0 bridgehead atoms. The summed E-state index contributed by atoms with van der Waals surface area (Å²) in [6, 6.07) is 0. The Morgan fingerprint density at radius 1 is 1.42 bits per heavy atom. The molecule has 0 unspecified atom stereocenters. The van der Waals surface area contributed by atoms with Gasteiger partial charge >= 0.3 is 6.09 Å². The van der Waals surface area contributed by atoms with Crippen molar-refractivity contribution in [3.05, 3.63) is 0 Å². The standard InChI is InChI=1S/C8H17NO3/c1-3-4-6-12-7-5-9-8(10)11-2/h3-7H2,1-2H3,(H,9,10). The number of methoxy groups -OCH3 is 1. The van der Waals surface area contributed by atoms with Gasteiger partial charge in [0.15, 0.2) is 0 Å². The Kier molecular flexibility index (Phi) is 7.79. The number of alkyl carbamates (subject to hydrolysis) is 1. The molecular weight excluding hydrogens is 158 g/mol. The van der Waals surface area contributed by atoms with Crippen molar-refractivity contribution in [2.45, 2.75) is 19.8 Å². The van der Waals surface area contributed by atoms with Gasteiger partial charge in [-0.15, -0.1) is 0 Å². The molecule has 0 fully saturated rings. The quantitative estimate of drug-likeness (QED) is 0.616. The number of hydrogen-bond donors (Lipinski definition) is 1. The second-order valence-electron chi connectivity index (χ2n) is 2.38. The monoisotopic (exact) mass is 175 g/mol. The van der Waals surface area contributed by atoms with Gasteiger partial charge in [-0.25, -0.2) is 4.79 Å². The van der Waals surface area contributed by atoms with Gasteiger partial charge in [-0.2, -0.15) is 0 Å². The van der Waals surface area contributed by atoms with Crippen molar-refractivity contribution in [3.8, 4) is 0 Å². The van der Waals surface area contributed by atoms with E-state index < -0.39 is 6.09 Å². The number of carbonyl (C=O) groups excluding carboxylic acids is 1. The van der Waals surface area contributed by atoms with Crippen LogP contribution in [0.3, 0.4) is 0 Å². The van der Waals surface area contributed by atoms with Gasteiger partial charge in [0.2, 0.25) is 0 Å². The lowest BCUT2D eigenvalue weighted by Crippen LogP contribution is -2.26. The Bertz CT molecular complexity index is 117. The van der Waals surface area contributed by atoms with Crippen molar-refractivity contribution in [2.24, 2.45) is 0 Å². The minimum atomic E-state index is -0.408. The second-order valence-corrected chi connectivity index (χ2v) is 2.38. The molecule has 4 nitrogen and oxygen atoms in total. The van der Waals surface area contributed by atoms with E-state index in [1.54, 1.807) is 0 Å². The van der Waals surface area contributed by atoms with Gasteiger partial charge < -0.3 is 14.8 Å². The summed E-state index contributed by atoms with van der Waals surface area (Å²) in [6.45, 7) is 3.93. The first-order chi connectivity index (χ1) is 5.81. The van der Waals surface area contributed by atoms with E-state index in [0.29, 0.717) is 13.2 Å². The minimum absolute atomic E-state index is 0.408. The molecule has 0 rings (SSSR count). The Hall–Kier alpha value is -0.770. The lowest BCUT2D eigenvalue weighted by atomic mass is 10.4. The summed E-state index contributed by atoms with van der Waals surface area (Å²) >= 11 is 0. The Balaban J connectivity index is 2.95. The first-order valence-corrected chi connectivity index (χ1v) is 4.20. The van der Waals surface area contributed by atoms with Crippen molar-refractivity contribution in [1.82, 2.24) is 5.32 Å². The van der Waals surface area contributed by atoms with Crippen LogP contribution >= 0.6 is 0 Å². The number of nitrogens with one attached hydrogen (secondary N) is 1. The highest BCUT2D eigenvalue weighted by Crippen LogP contribution is 1.86. The molecule has 0 aromatic rings. The molecule has 0 atom stereocenters. The van der Waals surface area contributed by atoms with Gasteiger partial charge in [-0.05, 0) is 6.42 Å². The summed E-state index contributed by atoms with van der Waals surface area (Å²) in [5.74, 6) is 0. The van der Waals surface area contributed by atoms with Crippen molar-refractivity contribution >= 4 is 6.09 Å². The average molecular weight is 175 g/mol. The molecule has 0 radical (unpaired) electrons. The van der Waals surface area contributed by atoms with E-state index in [1.807, 2.05) is 0 Å². The molecule has 0 aliphatic carbocycles. The topological polar surface area (TPSA) is 47.6 Å². The Morgan fingerprint density at radius 2 is 2.17 bits per heavy atom. The summed E-state index contributed by atoms with van der Waals surface area (Å²) < 4.78 is 9.57. The van der Waals surface area contributed by atoms with Crippen LogP contribution in [-0.2, 0) is 9.47 Å². The predicted molar refractivity (Wildman–Crippen MR) is 46.1 cm³/mol. The van der Waals surface area contributed by atoms with Crippen LogP contribution in [0.5, 0.6) is 0 Å². The summed E-state index contributed by atoms with van der Waals surface area (Å²) in [7, 11) is 1.34. The van der Waals surface area contributed by atoms with E-state index >= 15 is 0 Å². The lowest BCUT2D eigenvalue weighted by Gasteiger charge is -2.04. The first-order valence-electron chi connectivity index (χ1n) is 4.20. The molecule has 0 spiro atoms. The minimum Gasteiger partial charge on any atom is -0.453 e. The Labute approximate surface area is 73.2 Å². The maximum absolute atomic E-state index is 10.5. The molecule has 72 valence electrons. The van der Waals surface area contributed by atoms with E-state index in [9.17, 15) is 4.79 Å². The van der Waals surface area contributed by atoms with E-state index in [-0.39, 0.29) is 0 Å². The maximum Gasteiger partial charge on any atom is 0.406 e. The highest BCUT2D eigenvalue weighted by Gasteiger charge is 1.95. The van der Waals surface area contributed by atoms with Crippen LogP contribution in [0.15, 0.2) is 0 Å². The molecule has 12 heavy (non-hydrogen) atoms. The number of amides is 1. The third-order valence-electron chi connectivity index (χ3n) is 1.34. The summed E-state index contributed by atoms with van der Waals surface area (Å²) in [4.78, 5) is 10.5. The highest BCUT2D eigenvalue weighted by molar-refractivity contribution is 5.66. The number of rotatable bonds is 6. The third kappa shape index (κ3) is 7.34. The molecular formula is C8H17NO3. The van der Waals surface area contributed by atoms with Crippen LogP contribution in [0.1, 0.15) is 19.8 Å². The van der Waals surface area contributed by atoms with Gasteiger partial charge in [0.25, 0.3) is 0 Å². The largest absolute Gasteiger partial charge is 0.453 e. The molecule has 0 saturated carbocycles. The van der Waals surface area contributed by atoms with Crippen molar-refractivity contribution < 1.29 is 14.3 Å². The number of hydrogen-bond acceptors (Lipinski definition) is 3. The molecule has 0 aromatic carbocycles. The van der Waals surface area contributed by atoms with E-state index in [0.717, 1.165) is 19.4 Å². The fourth-order valence-corrected chi connectivity index (χ4v) is 0.646. The van der Waals surface area contributed by atoms with Crippen LogP contribution in [0, 0.1) is 0 Å². The maximum atomic E-state index is 10.5. The Morgan fingerprint density at radius 3 is 2.75 bits per heavy atom. The van der Waals surface area contributed by atoms with E-state index in [2.05, 4.69) is 17.0 Å². The van der Waals surface area contributed by atoms with Crippen molar-refractivity contribution in [2.75, 3.05) is 26.9 Å². The van der Waals surface area contributed by atoms with E-state index in [4.69, 9.17) is 4.74 Å². The van der Waals surface area contributed by atoms with Gasteiger partial charge in [-0.3, -0.25) is 0 Å². The molecule has 0 aromatic heterocycles. The van der Waals surface area contributed by atoms with Crippen molar-refractivity contribution in [3.63, 3.8) is 0 Å². The molecule has 4 heteroatoms. The summed E-state index contributed by atoms with van der Waals surface area (Å²) in [5.41, 5.74) is 0. The first kappa shape index (κ1) is 11.2. The predicted octanol–water partition coefficient (Wildman–Crippen LogP) is 1.16. The smallest absolute Gasteiger partial charge is 0.406 e. The van der Waals surface area contributed by atoms with Crippen molar-refractivity contribution in [1.29, 1.82) is 0 Å². The van der Waals surface area contributed by atoms with Crippen LogP contribution < -0.4 is 5.32 Å². The molecule has 0 aliphatic heterocycles. The number of ether oxygens (including phenoxy) is 2. The van der Waals surface area contributed by atoms with E-state index in [1.165, 1.54) is 7.11 Å². The van der Waals surface area contributed by atoms with Crippen LogP contribution in [0.4, 0.5) is 4.79 Å². The van der Waals surface area contributed by atoms with Gasteiger partial charge in [0.05, 0.1) is 13.7 Å². The number of carbonyl (C=O) groups is 1. The molecule has 0 heterocycles. The van der Waals surface area contributed by atoms with Gasteiger partial charge in [0.1, 0.15) is 0 Å². The summed E-state index contributed by atoms with van der Waals surface area (Å²) in [6.07, 6.45) is 1.79. The average Bonchev–Trinajstić information content (AvgIpc) is 2.10. The van der Waals surface area contributed by atoms with Crippen LogP contribution in [0.2, 0.25) is 0 Å². The van der Waals surface area contributed by atoms with Crippen LogP contribution in [-0.4, -0.2) is 33.0 Å². The van der Waals surface area contributed by atoms with Gasteiger partial charge in [0, 0.05) is 13.2 Å². The highest BCUT2D eigenvalue weighted by atomic mass is 16.5. The zero-order valence-electron chi connectivity index (χ0n) is 7.76. The molecule has 0 saturated heterocycles. The second kappa shape index (κ2) is 8.33. The molecule has 1 amide bonds. The third-order valence-corrected chi connectivity index (χ3v) is 1.34. The SMILES string of the molecule is CCCCOCCNC(=O)OC.